The first-order valence-electron chi connectivity index (χ1n) is 9.98. The van der Waals surface area contributed by atoms with Crippen molar-refractivity contribution >= 4 is 17.5 Å². The second-order valence-corrected chi connectivity index (χ2v) is 8.29. The molecule has 2 amide bonds. The van der Waals surface area contributed by atoms with Gasteiger partial charge in [0, 0.05) is 44.8 Å². The Labute approximate surface area is 155 Å². The third kappa shape index (κ3) is 3.78. The fourth-order valence-corrected chi connectivity index (χ4v) is 4.61. The summed E-state index contributed by atoms with van der Waals surface area (Å²) >= 11 is 0. The van der Waals surface area contributed by atoms with Crippen molar-refractivity contribution in [3.05, 3.63) is 29.8 Å². The first-order chi connectivity index (χ1) is 12.6. The van der Waals surface area contributed by atoms with Gasteiger partial charge in [0.05, 0.1) is 5.92 Å². The van der Waals surface area contributed by atoms with Crippen LogP contribution in [0.1, 0.15) is 44.6 Å². The van der Waals surface area contributed by atoms with Crippen molar-refractivity contribution in [1.29, 1.82) is 0 Å². The Hall–Kier alpha value is -1.88. The predicted molar refractivity (Wildman–Crippen MR) is 102 cm³/mol. The van der Waals surface area contributed by atoms with E-state index in [9.17, 15) is 9.59 Å². The zero-order valence-corrected chi connectivity index (χ0v) is 15.6. The minimum Gasteiger partial charge on any atom is -0.338 e. The fourth-order valence-electron chi connectivity index (χ4n) is 4.61. The van der Waals surface area contributed by atoms with Crippen molar-refractivity contribution in [3.8, 4) is 0 Å². The summed E-state index contributed by atoms with van der Waals surface area (Å²) in [6.07, 6.45) is 6.13. The van der Waals surface area contributed by atoms with E-state index in [-0.39, 0.29) is 11.8 Å². The molecular weight excluding hydrogens is 326 g/mol. The number of nitrogens with one attached hydrogen (secondary N) is 1. The van der Waals surface area contributed by atoms with Crippen LogP contribution in [0, 0.1) is 11.8 Å². The average molecular weight is 355 g/mol. The minimum absolute atomic E-state index is 0.0492. The molecule has 1 N–H and O–H groups in total. The largest absolute Gasteiger partial charge is 0.338 e. The Bertz CT molecular complexity index is 668. The van der Waals surface area contributed by atoms with Crippen LogP contribution in [-0.2, 0) is 16.1 Å². The molecule has 5 rings (SSSR count). The van der Waals surface area contributed by atoms with E-state index in [0.29, 0.717) is 11.9 Å². The van der Waals surface area contributed by atoms with Gasteiger partial charge in [0.1, 0.15) is 0 Å². The van der Waals surface area contributed by atoms with Gasteiger partial charge in [-0.15, -0.1) is 0 Å². The van der Waals surface area contributed by atoms with Gasteiger partial charge in [-0.3, -0.25) is 14.5 Å². The molecule has 3 saturated heterocycles. The molecule has 3 heterocycles. The summed E-state index contributed by atoms with van der Waals surface area (Å²) in [5.41, 5.74) is 2.07. The molecule has 0 aromatic heterocycles. The second-order valence-electron chi connectivity index (χ2n) is 8.29. The zero-order valence-electron chi connectivity index (χ0n) is 15.6. The molecule has 3 aliphatic heterocycles. The molecule has 0 radical (unpaired) electrons. The van der Waals surface area contributed by atoms with E-state index in [1.165, 1.54) is 31.7 Å². The van der Waals surface area contributed by atoms with Crippen molar-refractivity contribution < 1.29 is 9.59 Å². The molecule has 140 valence electrons. The van der Waals surface area contributed by atoms with Gasteiger partial charge in [-0.2, -0.15) is 0 Å². The smallest absolute Gasteiger partial charge is 0.227 e. The molecule has 1 saturated carbocycles. The molecule has 5 nitrogen and oxygen atoms in total. The van der Waals surface area contributed by atoms with Gasteiger partial charge in [0.2, 0.25) is 11.8 Å². The lowest BCUT2D eigenvalue weighted by Gasteiger charge is -2.40. The predicted octanol–water partition coefficient (Wildman–Crippen LogP) is 2.87. The Morgan fingerprint density at radius 1 is 1.12 bits per heavy atom. The minimum atomic E-state index is -0.0492. The summed E-state index contributed by atoms with van der Waals surface area (Å²) in [7, 11) is 0. The number of nitrogens with zero attached hydrogens (tertiary/aromatic N) is 2. The van der Waals surface area contributed by atoms with Crippen LogP contribution in [0.4, 0.5) is 5.69 Å². The summed E-state index contributed by atoms with van der Waals surface area (Å²) < 4.78 is 0. The third-order valence-corrected chi connectivity index (χ3v) is 6.23. The van der Waals surface area contributed by atoms with Crippen LogP contribution in [0.15, 0.2) is 24.3 Å². The highest BCUT2D eigenvalue weighted by Gasteiger charge is 2.41. The number of hydrogen-bond donors (Lipinski definition) is 1. The maximum Gasteiger partial charge on any atom is 0.227 e. The van der Waals surface area contributed by atoms with Crippen LogP contribution in [0.25, 0.3) is 0 Å². The van der Waals surface area contributed by atoms with Crippen LogP contribution in [0.5, 0.6) is 0 Å². The molecule has 2 atom stereocenters. The number of benzene rings is 1. The Kier molecular flexibility index (Phi) is 4.98. The first kappa shape index (κ1) is 17.5. The molecule has 4 fully saturated rings. The number of piperidine rings is 1. The van der Waals surface area contributed by atoms with Crippen molar-refractivity contribution in [2.24, 2.45) is 11.8 Å². The Morgan fingerprint density at radius 3 is 2.54 bits per heavy atom. The van der Waals surface area contributed by atoms with Gasteiger partial charge in [-0.1, -0.05) is 18.6 Å². The lowest BCUT2D eigenvalue weighted by atomic mass is 9.83. The lowest BCUT2D eigenvalue weighted by Crippen LogP contribution is -2.50. The van der Waals surface area contributed by atoms with E-state index in [1.807, 2.05) is 12.1 Å². The van der Waals surface area contributed by atoms with E-state index in [4.69, 9.17) is 0 Å². The molecule has 0 spiro atoms. The van der Waals surface area contributed by atoms with E-state index in [1.54, 1.807) is 0 Å². The monoisotopic (exact) mass is 355 g/mol. The summed E-state index contributed by atoms with van der Waals surface area (Å²) in [6, 6.07) is 8.45. The summed E-state index contributed by atoms with van der Waals surface area (Å²) in [5, 5.41) is 2.81. The zero-order chi connectivity index (χ0) is 18.1. The third-order valence-electron chi connectivity index (χ3n) is 6.23. The fraction of sp³-hybridized carbons (Fsp3) is 0.619. The van der Waals surface area contributed by atoms with E-state index < -0.39 is 0 Å². The first-order valence-corrected chi connectivity index (χ1v) is 9.98. The van der Waals surface area contributed by atoms with Gasteiger partial charge in [0.15, 0.2) is 0 Å². The van der Waals surface area contributed by atoms with Crippen molar-refractivity contribution in [2.45, 2.75) is 51.6 Å². The van der Waals surface area contributed by atoms with Gasteiger partial charge in [-0.25, -0.2) is 0 Å². The highest BCUT2D eigenvalue weighted by molar-refractivity contribution is 5.88. The van der Waals surface area contributed by atoms with Crippen LogP contribution in [0.3, 0.4) is 0 Å². The molecule has 1 aromatic rings. The van der Waals surface area contributed by atoms with Crippen molar-refractivity contribution in [2.75, 3.05) is 25.0 Å². The molecule has 1 aliphatic carbocycles. The van der Waals surface area contributed by atoms with Crippen LogP contribution in [-0.4, -0.2) is 47.3 Å². The van der Waals surface area contributed by atoms with Gasteiger partial charge in [-0.05, 0) is 49.3 Å². The number of rotatable bonds is 5. The number of fused-ring (bicyclic) bond motifs is 4. The SMILES string of the molecule is CC(=O)Nc1ccc(CN2C[C@@H]3CC[C@H](C2)N(CC2CCC2)C3=O)cc1. The standard InChI is InChI=1S/C21H29N3O2/c1-15(25)22-19-8-5-17(6-9-19)11-23-13-18-7-10-20(14-23)24(21(18)26)12-16-3-2-4-16/h5-6,8-9,16,18,20H,2-4,7,10-14H2,1H3,(H,22,25)/t18-,20+/m0/s1. The van der Waals surface area contributed by atoms with Crippen molar-refractivity contribution in [3.63, 3.8) is 0 Å². The number of anilines is 1. The number of carbonyl (C=O) groups is 2. The Balaban J connectivity index is 1.40. The molecule has 4 aliphatic rings. The van der Waals surface area contributed by atoms with Crippen LogP contribution in [0.2, 0.25) is 0 Å². The van der Waals surface area contributed by atoms with Crippen molar-refractivity contribution in [1.82, 2.24) is 9.80 Å². The molecule has 1 aromatic carbocycles. The van der Waals surface area contributed by atoms with Crippen LogP contribution < -0.4 is 5.32 Å². The van der Waals surface area contributed by atoms with Crippen LogP contribution >= 0.6 is 0 Å². The second kappa shape index (κ2) is 7.39. The average Bonchev–Trinajstić information content (AvgIpc) is 2.83. The van der Waals surface area contributed by atoms with Gasteiger partial charge in [0.25, 0.3) is 0 Å². The topological polar surface area (TPSA) is 52.7 Å². The number of hydrogen-bond acceptors (Lipinski definition) is 3. The molecule has 0 unspecified atom stereocenters. The number of amides is 2. The number of carbonyl (C=O) groups excluding carboxylic acids is 2. The maximum atomic E-state index is 12.9. The summed E-state index contributed by atoms with van der Waals surface area (Å²) in [6.45, 7) is 5.25. The van der Waals surface area contributed by atoms with Gasteiger partial charge >= 0.3 is 0 Å². The van der Waals surface area contributed by atoms with E-state index in [2.05, 4.69) is 27.2 Å². The highest BCUT2D eigenvalue weighted by Crippen LogP contribution is 2.34. The molecule has 2 bridgehead atoms. The molecule has 5 heteroatoms. The normalized spacial score (nSPS) is 26.5. The summed E-state index contributed by atoms with van der Waals surface area (Å²) in [5.74, 6) is 1.27. The molecule has 26 heavy (non-hydrogen) atoms. The molecular formula is C21H29N3O2. The quantitative estimate of drug-likeness (QED) is 0.884. The summed E-state index contributed by atoms with van der Waals surface area (Å²) in [4.78, 5) is 28.7. The van der Waals surface area contributed by atoms with Gasteiger partial charge < -0.3 is 10.2 Å². The van der Waals surface area contributed by atoms with E-state index >= 15 is 0 Å². The Morgan fingerprint density at radius 2 is 1.88 bits per heavy atom. The highest BCUT2D eigenvalue weighted by atomic mass is 16.2. The maximum absolute atomic E-state index is 12.9. The lowest BCUT2D eigenvalue weighted by molar-refractivity contribution is -0.141. The van der Waals surface area contributed by atoms with E-state index in [0.717, 1.165) is 50.6 Å².